The van der Waals surface area contributed by atoms with Gasteiger partial charge in [-0.3, -0.25) is 14.8 Å². The van der Waals surface area contributed by atoms with Crippen molar-refractivity contribution in [3.63, 3.8) is 0 Å². The highest BCUT2D eigenvalue weighted by atomic mass is 16.5. The lowest BCUT2D eigenvalue weighted by atomic mass is 10.1. The first-order valence-electron chi connectivity index (χ1n) is 6.43. The molecule has 98 valence electrons. The summed E-state index contributed by atoms with van der Waals surface area (Å²) in [4.78, 5) is 20.5. The van der Waals surface area contributed by atoms with E-state index >= 15 is 0 Å². The van der Waals surface area contributed by atoms with Gasteiger partial charge in [0, 0.05) is 37.1 Å². The molecule has 3 rings (SSSR count). The average Bonchev–Trinajstić information content (AvgIpc) is 2.97. The van der Waals surface area contributed by atoms with Gasteiger partial charge in [-0.2, -0.15) is 0 Å². The molecule has 1 aliphatic rings. The van der Waals surface area contributed by atoms with Crippen molar-refractivity contribution in [3.8, 4) is 0 Å². The number of nitrogens with zero attached hydrogens (tertiary/aromatic N) is 2. The van der Waals surface area contributed by atoms with Crippen molar-refractivity contribution in [2.75, 3.05) is 13.2 Å². The number of hydrogen-bond acceptors (Lipinski definition) is 4. The molecule has 0 radical (unpaired) electrons. The second kappa shape index (κ2) is 5.32. The number of nitrogens with one attached hydrogen (secondary N) is 1. The van der Waals surface area contributed by atoms with Gasteiger partial charge in [-0.25, -0.2) is 0 Å². The molecule has 1 unspecified atom stereocenters. The maximum atomic E-state index is 12.2. The Morgan fingerprint density at radius 3 is 3.26 bits per heavy atom. The normalized spacial score (nSPS) is 18.6. The quantitative estimate of drug-likeness (QED) is 0.905. The molecule has 1 atom stereocenters. The molecule has 1 aliphatic heterocycles. The van der Waals surface area contributed by atoms with Crippen molar-refractivity contribution in [3.05, 3.63) is 36.3 Å². The van der Waals surface area contributed by atoms with E-state index in [0.717, 1.165) is 24.8 Å². The van der Waals surface area contributed by atoms with Gasteiger partial charge >= 0.3 is 0 Å². The zero-order valence-electron chi connectivity index (χ0n) is 10.5. The van der Waals surface area contributed by atoms with Gasteiger partial charge in [0.25, 0.3) is 5.91 Å². The molecule has 2 aromatic heterocycles. The SMILES string of the molecule is O=C(NCC1CCCO1)c1cncc2cccnc12. The molecule has 1 fully saturated rings. The number of carbonyl (C=O) groups excluding carboxylic acids is 1. The minimum Gasteiger partial charge on any atom is -0.376 e. The van der Waals surface area contributed by atoms with E-state index in [2.05, 4.69) is 15.3 Å². The van der Waals surface area contributed by atoms with Gasteiger partial charge in [0.15, 0.2) is 0 Å². The number of carbonyl (C=O) groups is 1. The van der Waals surface area contributed by atoms with E-state index in [4.69, 9.17) is 4.74 Å². The number of ether oxygens (including phenoxy) is 1. The lowest BCUT2D eigenvalue weighted by molar-refractivity contribution is 0.0858. The van der Waals surface area contributed by atoms with Gasteiger partial charge in [-0.1, -0.05) is 0 Å². The number of fused-ring (bicyclic) bond motifs is 1. The second-order valence-corrected chi connectivity index (χ2v) is 4.61. The summed E-state index contributed by atoms with van der Waals surface area (Å²) in [6.07, 6.45) is 7.16. The fraction of sp³-hybridized carbons (Fsp3) is 0.357. The van der Waals surface area contributed by atoms with Crippen molar-refractivity contribution in [2.24, 2.45) is 0 Å². The van der Waals surface area contributed by atoms with Crippen LogP contribution in [0.2, 0.25) is 0 Å². The van der Waals surface area contributed by atoms with Crippen molar-refractivity contribution in [2.45, 2.75) is 18.9 Å². The lowest BCUT2D eigenvalue weighted by Crippen LogP contribution is -2.32. The first kappa shape index (κ1) is 12.0. The topological polar surface area (TPSA) is 64.1 Å². The molecular weight excluding hydrogens is 242 g/mol. The smallest absolute Gasteiger partial charge is 0.255 e. The molecule has 3 heterocycles. The first-order valence-corrected chi connectivity index (χ1v) is 6.43. The number of rotatable bonds is 3. The van der Waals surface area contributed by atoms with E-state index in [1.807, 2.05) is 12.1 Å². The third kappa shape index (κ3) is 2.56. The molecule has 1 N–H and O–H groups in total. The van der Waals surface area contributed by atoms with Gasteiger partial charge in [-0.05, 0) is 25.0 Å². The lowest BCUT2D eigenvalue weighted by Gasteiger charge is -2.11. The number of hydrogen-bond donors (Lipinski definition) is 1. The minimum atomic E-state index is -0.146. The summed E-state index contributed by atoms with van der Waals surface area (Å²) in [6.45, 7) is 1.33. The molecule has 0 bridgehead atoms. The summed E-state index contributed by atoms with van der Waals surface area (Å²) in [7, 11) is 0. The van der Waals surface area contributed by atoms with E-state index in [1.54, 1.807) is 18.6 Å². The molecular formula is C14H15N3O2. The van der Waals surface area contributed by atoms with Gasteiger partial charge < -0.3 is 10.1 Å². The highest BCUT2D eigenvalue weighted by molar-refractivity contribution is 6.04. The highest BCUT2D eigenvalue weighted by Gasteiger charge is 2.17. The zero-order valence-corrected chi connectivity index (χ0v) is 10.5. The van der Waals surface area contributed by atoms with Gasteiger partial charge in [0.2, 0.25) is 0 Å². The predicted molar refractivity (Wildman–Crippen MR) is 70.8 cm³/mol. The van der Waals surface area contributed by atoms with Crippen LogP contribution in [0.25, 0.3) is 10.9 Å². The van der Waals surface area contributed by atoms with Crippen LogP contribution in [-0.2, 0) is 4.74 Å². The molecule has 2 aromatic rings. The molecule has 5 nitrogen and oxygen atoms in total. The maximum absolute atomic E-state index is 12.2. The highest BCUT2D eigenvalue weighted by Crippen LogP contribution is 2.15. The predicted octanol–water partition coefficient (Wildman–Crippen LogP) is 1.54. The van der Waals surface area contributed by atoms with Gasteiger partial charge in [-0.15, -0.1) is 0 Å². The Morgan fingerprint density at radius 1 is 1.47 bits per heavy atom. The van der Waals surface area contributed by atoms with E-state index in [1.165, 1.54) is 0 Å². The number of amides is 1. The molecule has 1 amide bonds. The molecule has 19 heavy (non-hydrogen) atoms. The minimum absolute atomic E-state index is 0.139. The van der Waals surface area contributed by atoms with Crippen molar-refractivity contribution >= 4 is 16.8 Å². The Labute approximate surface area is 111 Å². The third-order valence-corrected chi connectivity index (χ3v) is 3.27. The number of aromatic nitrogens is 2. The van der Waals surface area contributed by atoms with Gasteiger partial charge in [0.05, 0.1) is 17.2 Å². The Kier molecular flexibility index (Phi) is 3.37. The molecule has 0 aliphatic carbocycles. The summed E-state index contributed by atoms with van der Waals surface area (Å²) in [5, 5.41) is 3.76. The Hall–Kier alpha value is -2.01. The summed E-state index contributed by atoms with van der Waals surface area (Å²) in [6, 6.07) is 3.73. The average molecular weight is 257 g/mol. The van der Waals surface area contributed by atoms with Crippen LogP contribution in [0.4, 0.5) is 0 Å². The summed E-state index contributed by atoms with van der Waals surface area (Å²) in [5.74, 6) is -0.146. The van der Waals surface area contributed by atoms with Crippen LogP contribution in [0.15, 0.2) is 30.7 Å². The first-order chi connectivity index (χ1) is 9.34. The van der Waals surface area contributed by atoms with Crippen LogP contribution >= 0.6 is 0 Å². The summed E-state index contributed by atoms with van der Waals surface area (Å²) >= 11 is 0. The van der Waals surface area contributed by atoms with E-state index in [0.29, 0.717) is 17.6 Å². The molecule has 0 aromatic carbocycles. The molecule has 1 saturated heterocycles. The van der Waals surface area contributed by atoms with E-state index in [-0.39, 0.29) is 12.0 Å². The van der Waals surface area contributed by atoms with Crippen molar-refractivity contribution in [1.82, 2.24) is 15.3 Å². The summed E-state index contributed by atoms with van der Waals surface area (Å²) in [5.41, 5.74) is 1.19. The van der Waals surface area contributed by atoms with Crippen molar-refractivity contribution < 1.29 is 9.53 Å². The molecule has 0 saturated carbocycles. The fourth-order valence-corrected chi connectivity index (χ4v) is 2.27. The Morgan fingerprint density at radius 2 is 2.42 bits per heavy atom. The Balaban J connectivity index is 1.77. The van der Waals surface area contributed by atoms with Crippen LogP contribution in [0, 0.1) is 0 Å². The van der Waals surface area contributed by atoms with E-state index in [9.17, 15) is 4.79 Å². The Bertz CT molecular complexity index is 589. The number of pyridine rings is 2. The summed E-state index contributed by atoms with van der Waals surface area (Å²) < 4.78 is 5.48. The zero-order chi connectivity index (χ0) is 13.1. The molecule has 0 spiro atoms. The van der Waals surface area contributed by atoms with Crippen LogP contribution in [0.1, 0.15) is 23.2 Å². The monoisotopic (exact) mass is 257 g/mol. The maximum Gasteiger partial charge on any atom is 0.255 e. The second-order valence-electron chi connectivity index (χ2n) is 4.61. The largest absolute Gasteiger partial charge is 0.376 e. The van der Waals surface area contributed by atoms with Crippen LogP contribution < -0.4 is 5.32 Å². The van der Waals surface area contributed by atoms with Crippen LogP contribution in [0.3, 0.4) is 0 Å². The standard InChI is InChI=1S/C14H15N3O2/c18-14(17-8-11-4-2-6-19-11)12-9-15-7-10-3-1-5-16-13(10)12/h1,3,5,7,9,11H,2,4,6,8H2,(H,17,18). The third-order valence-electron chi connectivity index (χ3n) is 3.27. The molecule has 5 heteroatoms. The van der Waals surface area contributed by atoms with E-state index < -0.39 is 0 Å². The van der Waals surface area contributed by atoms with Crippen molar-refractivity contribution in [1.29, 1.82) is 0 Å². The van der Waals surface area contributed by atoms with Crippen LogP contribution in [-0.4, -0.2) is 35.1 Å². The van der Waals surface area contributed by atoms with Gasteiger partial charge in [0.1, 0.15) is 0 Å². The van der Waals surface area contributed by atoms with Crippen LogP contribution in [0.5, 0.6) is 0 Å². The fourth-order valence-electron chi connectivity index (χ4n) is 2.27.